The van der Waals surface area contributed by atoms with Crippen LogP contribution in [0.25, 0.3) is 11.3 Å². The van der Waals surface area contributed by atoms with Gasteiger partial charge < -0.3 is 5.11 Å². The van der Waals surface area contributed by atoms with Gasteiger partial charge in [-0.1, -0.05) is 28.1 Å². The molecular weight excluding hydrogens is 282 g/mol. The Morgan fingerprint density at radius 3 is 2.65 bits per heavy atom. The molecule has 0 saturated carbocycles. The molecule has 0 bridgehead atoms. The van der Waals surface area contributed by atoms with Crippen LogP contribution >= 0.6 is 15.9 Å². The van der Waals surface area contributed by atoms with E-state index in [0.29, 0.717) is 12.2 Å². The van der Waals surface area contributed by atoms with Crippen molar-refractivity contribution in [3.8, 4) is 17.3 Å². The smallest absolute Gasteiger partial charge is 0.163 e. The normalized spacial score (nSPS) is 10.2. The first-order valence-electron chi connectivity index (χ1n) is 5.09. The first-order chi connectivity index (χ1) is 8.24. The highest BCUT2D eigenvalue weighted by atomic mass is 79.9. The summed E-state index contributed by atoms with van der Waals surface area (Å²) in [5, 5.41) is 21.9. The fraction of sp³-hybridized carbons (Fsp3) is 0.167. The first kappa shape index (κ1) is 11.8. The maximum atomic E-state index is 8.97. The molecule has 0 radical (unpaired) electrons. The standard InChI is InChI=1S/C12H10BrN3O/c13-10-3-1-9(2-4-10)12-7-11(8-14)15-16(12)5-6-17/h1-4,7,17H,5-6H2. The van der Waals surface area contributed by atoms with E-state index in [1.54, 1.807) is 10.7 Å². The van der Waals surface area contributed by atoms with E-state index in [4.69, 9.17) is 10.4 Å². The lowest BCUT2D eigenvalue weighted by Crippen LogP contribution is -2.05. The van der Waals surface area contributed by atoms with Gasteiger partial charge in [-0.15, -0.1) is 0 Å². The molecule has 0 amide bonds. The molecule has 4 nitrogen and oxygen atoms in total. The van der Waals surface area contributed by atoms with Crippen molar-refractivity contribution in [3.63, 3.8) is 0 Å². The molecule has 1 N–H and O–H groups in total. The van der Waals surface area contributed by atoms with Gasteiger partial charge in [0.25, 0.3) is 0 Å². The van der Waals surface area contributed by atoms with Crippen molar-refractivity contribution < 1.29 is 5.11 Å². The summed E-state index contributed by atoms with van der Waals surface area (Å²) in [5.41, 5.74) is 2.16. The molecule has 1 aromatic heterocycles. The van der Waals surface area contributed by atoms with E-state index in [1.807, 2.05) is 30.3 Å². The third-order valence-electron chi connectivity index (χ3n) is 2.35. The summed E-state index contributed by atoms with van der Waals surface area (Å²) in [6, 6.07) is 11.5. The molecule has 17 heavy (non-hydrogen) atoms. The van der Waals surface area contributed by atoms with Crippen molar-refractivity contribution in [2.75, 3.05) is 6.61 Å². The third kappa shape index (κ3) is 2.54. The SMILES string of the molecule is N#Cc1cc(-c2ccc(Br)cc2)n(CCO)n1. The first-order valence-corrected chi connectivity index (χ1v) is 5.88. The minimum Gasteiger partial charge on any atom is -0.394 e. The third-order valence-corrected chi connectivity index (χ3v) is 2.87. The van der Waals surface area contributed by atoms with E-state index in [2.05, 4.69) is 21.0 Å². The molecule has 2 rings (SSSR count). The Morgan fingerprint density at radius 2 is 2.06 bits per heavy atom. The van der Waals surface area contributed by atoms with E-state index >= 15 is 0 Å². The van der Waals surface area contributed by atoms with Gasteiger partial charge in [-0.05, 0) is 17.7 Å². The van der Waals surface area contributed by atoms with Crippen molar-refractivity contribution in [2.24, 2.45) is 0 Å². The van der Waals surface area contributed by atoms with Crippen molar-refractivity contribution in [1.82, 2.24) is 9.78 Å². The molecular formula is C12H10BrN3O. The summed E-state index contributed by atoms with van der Waals surface area (Å²) in [7, 11) is 0. The van der Waals surface area contributed by atoms with Crippen molar-refractivity contribution in [3.05, 3.63) is 40.5 Å². The van der Waals surface area contributed by atoms with Gasteiger partial charge in [0.2, 0.25) is 0 Å². The van der Waals surface area contributed by atoms with Gasteiger partial charge in [-0.3, -0.25) is 4.68 Å². The molecule has 0 aliphatic carbocycles. The average molecular weight is 292 g/mol. The minimum absolute atomic E-state index is 0.00389. The van der Waals surface area contributed by atoms with Crippen molar-refractivity contribution in [1.29, 1.82) is 5.26 Å². The van der Waals surface area contributed by atoms with Crippen LogP contribution in [0.15, 0.2) is 34.8 Å². The second-order valence-electron chi connectivity index (χ2n) is 3.48. The van der Waals surface area contributed by atoms with E-state index in [0.717, 1.165) is 15.7 Å². The highest BCUT2D eigenvalue weighted by Gasteiger charge is 2.09. The summed E-state index contributed by atoms with van der Waals surface area (Å²) in [4.78, 5) is 0. The summed E-state index contributed by atoms with van der Waals surface area (Å²) in [6.45, 7) is 0.378. The highest BCUT2D eigenvalue weighted by molar-refractivity contribution is 9.10. The summed E-state index contributed by atoms with van der Waals surface area (Å²) in [6.07, 6.45) is 0. The molecule has 0 aliphatic heterocycles. The largest absolute Gasteiger partial charge is 0.394 e. The number of hydrogen-bond acceptors (Lipinski definition) is 3. The van der Waals surface area contributed by atoms with Crippen LogP contribution in [0.3, 0.4) is 0 Å². The van der Waals surface area contributed by atoms with Crippen molar-refractivity contribution >= 4 is 15.9 Å². The van der Waals surface area contributed by atoms with Gasteiger partial charge >= 0.3 is 0 Å². The number of aliphatic hydroxyl groups is 1. The monoisotopic (exact) mass is 291 g/mol. The second-order valence-corrected chi connectivity index (χ2v) is 4.40. The zero-order valence-electron chi connectivity index (χ0n) is 8.97. The van der Waals surface area contributed by atoms with Gasteiger partial charge in [-0.25, -0.2) is 0 Å². The lowest BCUT2D eigenvalue weighted by atomic mass is 10.1. The summed E-state index contributed by atoms with van der Waals surface area (Å²) in [5.74, 6) is 0. The number of hydrogen-bond donors (Lipinski definition) is 1. The number of aromatic nitrogens is 2. The van der Waals surface area contributed by atoms with Crippen molar-refractivity contribution in [2.45, 2.75) is 6.54 Å². The Hall–Kier alpha value is -1.64. The molecule has 1 heterocycles. The second kappa shape index (κ2) is 5.13. The zero-order valence-corrected chi connectivity index (χ0v) is 10.6. The lowest BCUT2D eigenvalue weighted by Gasteiger charge is -2.05. The number of aliphatic hydroxyl groups excluding tert-OH is 1. The summed E-state index contributed by atoms with van der Waals surface area (Å²) >= 11 is 3.37. The molecule has 0 spiro atoms. The van der Waals surface area contributed by atoms with Crippen LogP contribution in [0.4, 0.5) is 0 Å². The topological polar surface area (TPSA) is 61.8 Å². The Morgan fingerprint density at radius 1 is 1.35 bits per heavy atom. The molecule has 86 valence electrons. The number of nitriles is 1. The average Bonchev–Trinajstić information content (AvgIpc) is 2.74. The van der Waals surface area contributed by atoms with Crippen LogP contribution in [-0.4, -0.2) is 21.5 Å². The van der Waals surface area contributed by atoms with E-state index in [1.165, 1.54) is 0 Å². The molecule has 2 aromatic rings. The fourth-order valence-corrected chi connectivity index (χ4v) is 1.85. The Labute approximate surface area is 107 Å². The highest BCUT2D eigenvalue weighted by Crippen LogP contribution is 2.22. The maximum absolute atomic E-state index is 8.97. The zero-order chi connectivity index (χ0) is 12.3. The molecule has 0 atom stereocenters. The van der Waals surface area contributed by atoms with Crippen LogP contribution < -0.4 is 0 Å². The fourth-order valence-electron chi connectivity index (χ4n) is 1.59. The number of nitrogens with zero attached hydrogens (tertiary/aromatic N) is 3. The Kier molecular flexibility index (Phi) is 3.57. The van der Waals surface area contributed by atoms with E-state index < -0.39 is 0 Å². The van der Waals surface area contributed by atoms with Gasteiger partial charge in [0.1, 0.15) is 6.07 Å². The van der Waals surface area contributed by atoms with Gasteiger partial charge in [0, 0.05) is 10.5 Å². The molecule has 1 aromatic carbocycles. The Bertz CT molecular complexity index is 554. The number of benzene rings is 1. The maximum Gasteiger partial charge on any atom is 0.163 e. The van der Waals surface area contributed by atoms with Crippen LogP contribution in [0.2, 0.25) is 0 Å². The Balaban J connectivity index is 2.46. The van der Waals surface area contributed by atoms with Crippen LogP contribution in [0, 0.1) is 11.3 Å². The molecule has 0 fully saturated rings. The summed E-state index contributed by atoms with van der Waals surface area (Å²) < 4.78 is 2.64. The van der Waals surface area contributed by atoms with Crippen LogP contribution in [-0.2, 0) is 6.54 Å². The van der Waals surface area contributed by atoms with Gasteiger partial charge in [-0.2, -0.15) is 10.4 Å². The van der Waals surface area contributed by atoms with E-state index in [9.17, 15) is 0 Å². The van der Waals surface area contributed by atoms with E-state index in [-0.39, 0.29) is 6.61 Å². The van der Waals surface area contributed by atoms with Gasteiger partial charge in [0.05, 0.1) is 18.8 Å². The van der Waals surface area contributed by atoms with Crippen LogP contribution in [0.5, 0.6) is 0 Å². The predicted molar refractivity (Wildman–Crippen MR) is 67.2 cm³/mol. The van der Waals surface area contributed by atoms with Gasteiger partial charge in [0.15, 0.2) is 5.69 Å². The number of rotatable bonds is 3. The van der Waals surface area contributed by atoms with Crippen LogP contribution in [0.1, 0.15) is 5.69 Å². The lowest BCUT2D eigenvalue weighted by molar-refractivity contribution is 0.270. The molecule has 5 heteroatoms. The number of halogens is 1. The molecule has 0 aliphatic rings. The minimum atomic E-state index is -0.00389. The quantitative estimate of drug-likeness (QED) is 0.943. The molecule has 0 saturated heterocycles. The predicted octanol–water partition coefficient (Wildman–Crippen LogP) is 2.18. The molecule has 0 unspecified atom stereocenters.